The van der Waals surface area contributed by atoms with Gasteiger partial charge in [0.05, 0.1) is 5.56 Å². The number of carbonyl (C=O) groups is 1. The standard InChI is InChI=1S/C11H14F3N3O/c12-11(13,14)4-1-5-17-9-3-2-7(15)6-8(9)10(16)18/h2-3,6,17H,1,4-5,15H2,(H2,16,18). The lowest BCUT2D eigenvalue weighted by molar-refractivity contribution is -0.134. The first-order valence-electron chi connectivity index (χ1n) is 5.29. The fourth-order valence-electron chi connectivity index (χ4n) is 1.43. The summed E-state index contributed by atoms with van der Waals surface area (Å²) in [4.78, 5) is 11.1. The van der Waals surface area contributed by atoms with Crippen molar-refractivity contribution in [3.63, 3.8) is 0 Å². The van der Waals surface area contributed by atoms with E-state index in [2.05, 4.69) is 5.32 Å². The first-order chi connectivity index (χ1) is 8.29. The van der Waals surface area contributed by atoms with Gasteiger partial charge in [-0.3, -0.25) is 4.79 Å². The van der Waals surface area contributed by atoms with Crippen molar-refractivity contribution in [2.75, 3.05) is 17.6 Å². The van der Waals surface area contributed by atoms with E-state index in [9.17, 15) is 18.0 Å². The third-order valence-electron chi connectivity index (χ3n) is 2.26. The molecule has 7 heteroatoms. The minimum atomic E-state index is -4.17. The quantitative estimate of drug-likeness (QED) is 0.561. The lowest BCUT2D eigenvalue weighted by atomic mass is 10.1. The van der Waals surface area contributed by atoms with E-state index in [0.717, 1.165) is 0 Å². The molecule has 0 bridgehead atoms. The van der Waals surface area contributed by atoms with Gasteiger partial charge < -0.3 is 16.8 Å². The number of amides is 1. The number of benzene rings is 1. The van der Waals surface area contributed by atoms with Gasteiger partial charge in [0.1, 0.15) is 0 Å². The van der Waals surface area contributed by atoms with Gasteiger partial charge in [-0.2, -0.15) is 13.2 Å². The number of nitrogens with two attached hydrogens (primary N) is 2. The van der Waals surface area contributed by atoms with Crippen LogP contribution in [0.2, 0.25) is 0 Å². The number of anilines is 2. The van der Waals surface area contributed by atoms with Crippen molar-refractivity contribution in [1.29, 1.82) is 0 Å². The van der Waals surface area contributed by atoms with E-state index in [1.807, 2.05) is 0 Å². The number of rotatable bonds is 5. The number of nitrogen functional groups attached to an aromatic ring is 1. The van der Waals surface area contributed by atoms with E-state index >= 15 is 0 Å². The van der Waals surface area contributed by atoms with Gasteiger partial charge in [-0.15, -0.1) is 0 Å². The van der Waals surface area contributed by atoms with Gasteiger partial charge in [-0.25, -0.2) is 0 Å². The van der Waals surface area contributed by atoms with E-state index in [4.69, 9.17) is 11.5 Å². The van der Waals surface area contributed by atoms with Gasteiger partial charge in [0.2, 0.25) is 0 Å². The Hall–Kier alpha value is -1.92. The van der Waals surface area contributed by atoms with Crippen LogP contribution in [-0.4, -0.2) is 18.6 Å². The van der Waals surface area contributed by atoms with E-state index in [1.165, 1.54) is 12.1 Å². The summed E-state index contributed by atoms with van der Waals surface area (Å²) in [6.45, 7) is 0.101. The molecule has 0 unspecified atom stereocenters. The highest BCUT2D eigenvalue weighted by molar-refractivity contribution is 5.99. The molecule has 1 rings (SSSR count). The average Bonchev–Trinajstić information content (AvgIpc) is 2.24. The molecule has 0 heterocycles. The van der Waals surface area contributed by atoms with Crippen molar-refractivity contribution in [3.8, 4) is 0 Å². The number of halogens is 3. The summed E-state index contributed by atoms with van der Waals surface area (Å²) in [7, 11) is 0. The highest BCUT2D eigenvalue weighted by atomic mass is 19.4. The summed E-state index contributed by atoms with van der Waals surface area (Å²) >= 11 is 0. The van der Waals surface area contributed by atoms with Crippen molar-refractivity contribution in [3.05, 3.63) is 23.8 Å². The van der Waals surface area contributed by atoms with Gasteiger partial charge in [0, 0.05) is 24.3 Å². The van der Waals surface area contributed by atoms with Crippen molar-refractivity contribution in [2.45, 2.75) is 19.0 Å². The minimum Gasteiger partial charge on any atom is -0.399 e. The van der Waals surface area contributed by atoms with Crippen LogP contribution in [0.1, 0.15) is 23.2 Å². The Balaban J connectivity index is 2.59. The summed E-state index contributed by atoms with van der Waals surface area (Å²) in [6.07, 6.45) is -5.12. The zero-order chi connectivity index (χ0) is 13.8. The Morgan fingerprint density at radius 3 is 2.56 bits per heavy atom. The highest BCUT2D eigenvalue weighted by Crippen LogP contribution is 2.22. The Morgan fingerprint density at radius 1 is 1.33 bits per heavy atom. The predicted molar refractivity (Wildman–Crippen MR) is 63.2 cm³/mol. The van der Waals surface area contributed by atoms with E-state index in [-0.39, 0.29) is 18.5 Å². The maximum Gasteiger partial charge on any atom is 0.389 e. The number of hydrogen-bond donors (Lipinski definition) is 3. The molecule has 4 nitrogen and oxygen atoms in total. The van der Waals surface area contributed by atoms with Crippen LogP contribution in [0, 0.1) is 0 Å². The van der Waals surface area contributed by atoms with E-state index in [1.54, 1.807) is 6.07 Å². The maximum atomic E-state index is 11.9. The fraction of sp³-hybridized carbons (Fsp3) is 0.364. The molecule has 0 aliphatic rings. The number of nitrogens with one attached hydrogen (secondary N) is 1. The lowest BCUT2D eigenvalue weighted by Crippen LogP contribution is -2.16. The van der Waals surface area contributed by atoms with Crippen LogP contribution in [0.4, 0.5) is 24.5 Å². The summed E-state index contributed by atoms with van der Waals surface area (Å²) in [5.74, 6) is -0.680. The van der Waals surface area contributed by atoms with Crippen molar-refractivity contribution in [1.82, 2.24) is 0 Å². The Morgan fingerprint density at radius 2 is 2.00 bits per heavy atom. The van der Waals surface area contributed by atoms with E-state index < -0.39 is 18.5 Å². The first-order valence-corrected chi connectivity index (χ1v) is 5.29. The van der Waals surface area contributed by atoms with Crippen LogP contribution >= 0.6 is 0 Å². The van der Waals surface area contributed by atoms with Gasteiger partial charge in [0.15, 0.2) is 0 Å². The molecule has 0 saturated heterocycles. The summed E-state index contributed by atoms with van der Waals surface area (Å²) in [5, 5.41) is 2.74. The molecule has 0 fully saturated rings. The molecule has 0 aliphatic heterocycles. The van der Waals surface area contributed by atoms with Crippen molar-refractivity contribution < 1.29 is 18.0 Å². The zero-order valence-corrected chi connectivity index (χ0v) is 9.55. The molecule has 1 aromatic rings. The van der Waals surface area contributed by atoms with Crippen LogP contribution < -0.4 is 16.8 Å². The Bertz CT molecular complexity index is 432. The molecule has 0 spiro atoms. The second kappa shape index (κ2) is 5.61. The smallest absolute Gasteiger partial charge is 0.389 e. The third-order valence-corrected chi connectivity index (χ3v) is 2.26. The molecule has 18 heavy (non-hydrogen) atoms. The van der Waals surface area contributed by atoms with Crippen molar-refractivity contribution in [2.24, 2.45) is 5.73 Å². The lowest BCUT2D eigenvalue weighted by Gasteiger charge is -2.11. The average molecular weight is 261 g/mol. The van der Waals surface area contributed by atoms with Crippen molar-refractivity contribution >= 4 is 17.3 Å². The molecular weight excluding hydrogens is 247 g/mol. The molecule has 1 amide bonds. The van der Waals surface area contributed by atoms with Gasteiger partial charge in [-0.1, -0.05) is 0 Å². The molecule has 0 aromatic heterocycles. The monoisotopic (exact) mass is 261 g/mol. The number of primary amides is 1. The first kappa shape index (κ1) is 14.1. The van der Waals surface area contributed by atoms with Crippen LogP contribution in [0.5, 0.6) is 0 Å². The third kappa shape index (κ3) is 4.52. The molecule has 0 saturated carbocycles. The topological polar surface area (TPSA) is 81.1 Å². The summed E-state index contributed by atoms with van der Waals surface area (Å²) in [6, 6.07) is 4.44. The molecule has 0 aliphatic carbocycles. The largest absolute Gasteiger partial charge is 0.399 e. The highest BCUT2D eigenvalue weighted by Gasteiger charge is 2.25. The molecular formula is C11H14F3N3O. The Labute approximate surface area is 102 Å². The SMILES string of the molecule is NC(=O)c1cc(N)ccc1NCCCC(F)(F)F. The summed E-state index contributed by atoms with van der Waals surface area (Å²) < 4.78 is 35.8. The normalized spacial score (nSPS) is 11.3. The number of alkyl halides is 3. The van der Waals surface area contributed by atoms with Crippen LogP contribution in [-0.2, 0) is 0 Å². The van der Waals surface area contributed by atoms with Gasteiger partial charge in [-0.05, 0) is 24.6 Å². The minimum absolute atomic E-state index is 0.0773. The molecule has 0 atom stereocenters. The van der Waals surface area contributed by atoms with Gasteiger partial charge >= 0.3 is 6.18 Å². The molecule has 5 N–H and O–H groups in total. The molecule has 0 radical (unpaired) electrons. The van der Waals surface area contributed by atoms with E-state index in [0.29, 0.717) is 11.4 Å². The maximum absolute atomic E-state index is 11.9. The second-order valence-electron chi connectivity index (χ2n) is 3.81. The fourth-order valence-corrected chi connectivity index (χ4v) is 1.43. The van der Waals surface area contributed by atoms with Gasteiger partial charge in [0.25, 0.3) is 5.91 Å². The number of carbonyl (C=O) groups excluding carboxylic acids is 1. The van der Waals surface area contributed by atoms with Crippen LogP contribution in [0.25, 0.3) is 0 Å². The summed E-state index contributed by atoms with van der Waals surface area (Å²) in [5.41, 5.74) is 11.6. The second-order valence-corrected chi connectivity index (χ2v) is 3.81. The Kier molecular flexibility index (Phi) is 4.41. The molecule has 1 aromatic carbocycles. The predicted octanol–water partition coefficient (Wildman–Crippen LogP) is 2.12. The van der Waals surface area contributed by atoms with Crippen LogP contribution in [0.3, 0.4) is 0 Å². The molecule has 100 valence electrons. The van der Waals surface area contributed by atoms with Crippen LogP contribution in [0.15, 0.2) is 18.2 Å². The number of hydrogen-bond acceptors (Lipinski definition) is 3. The zero-order valence-electron chi connectivity index (χ0n) is 9.55.